The summed E-state index contributed by atoms with van der Waals surface area (Å²) < 4.78 is 0. The van der Waals surface area contributed by atoms with Gasteiger partial charge in [-0.2, -0.15) is 0 Å². The molecular formula is C15H22O2. The quantitative estimate of drug-likeness (QED) is 0.613. The molecule has 17 heavy (non-hydrogen) atoms. The highest BCUT2D eigenvalue weighted by Gasteiger charge is 2.38. The Morgan fingerprint density at radius 1 is 1.41 bits per heavy atom. The van der Waals surface area contributed by atoms with E-state index in [-0.39, 0.29) is 0 Å². The van der Waals surface area contributed by atoms with Crippen molar-refractivity contribution in [3.05, 3.63) is 34.9 Å². The average Bonchev–Trinajstić information content (AvgIpc) is 2.28. The molecule has 0 bridgehead atoms. The minimum absolute atomic E-state index is 0.533. The number of rotatable bonds is 2. The Kier molecular flexibility index (Phi) is 3.28. The van der Waals surface area contributed by atoms with Crippen LogP contribution in [0.2, 0.25) is 0 Å². The van der Waals surface area contributed by atoms with Gasteiger partial charge in [-0.3, -0.25) is 5.26 Å². The fourth-order valence-electron chi connectivity index (χ4n) is 2.98. The van der Waals surface area contributed by atoms with E-state index in [2.05, 4.69) is 39.0 Å². The summed E-state index contributed by atoms with van der Waals surface area (Å²) in [5, 5.41) is 9.19. The second-order valence-electron chi connectivity index (χ2n) is 5.80. The first-order valence-corrected chi connectivity index (χ1v) is 6.41. The molecule has 2 nitrogen and oxygen atoms in total. The van der Waals surface area contributed by atoms with Gasteiger partial charge in [-0.15, -0.1) is 0 Å². The van der Waals surface area contributed by atoms with Crippen LogP contribution in [0, 0.1) is 12.8 Å². The molecule has 1 aliphatic carbocycles. The fraction of sp³-hybridized carbons (Fsp3) is 0.600. The highest BCUT2D eigenvalue weighted by molar-refractivity contribution is 5.40. The molecular weight excluding hydrogens is 212 g/mol. The third-order valence-corrected chi connectivity index (χ3v) is 4.11. The van der Waals surface area contributed by atoms with Crippen molar-refractivity contribution in [2.45, 2.75) is 52.1 Å². The molecule has 94 valence electrons. The van der Waals surface area contributed by atoms with E-state index in [1.807, 2.05) is 6.92 Å². The molecule has 0 amide bonds. The Morgan fingerprint density at radius 3 is 2.71 bits per heavy atom. The third kappa shape index (κ3) is 2.12. The summed E-state index contributed by atoms with van der Waals surface area (Å²) in [5.74, 6) is 1.20. The number of benzene rings is 1. The summed E-state index contributed by atoms with van der Waals surface area (Å²) in [6.45, 7) is 8.61. The Labute approximate surface area is 104 Å². The molecule has 0 saturated heterocycles. The first-order chi connectivity index (χ1) is 7.98. The van der Waals surface area contributed by atoms with Crippen LogP contribution in [0.1, 0.15) is 56.2 Å². The molecule has 2 heteroatoms. The monoisotopic (exact) mass is 234 g/mol. The second-order valence-corrected chi connectivity index (χ2v) is 5.80. The average molecular weight is 234 g/mol. The summed E-state index contributed by atoms with van der Waals surface area (Å²) in [4.78, 5) is 4.77. The van der Waals surface area contributed by atoms with Gasteiger partial charge >= 0.3 is 0 Å². The summed E-state index contributed by atoms with van der Waals surface area (Å²) in [7, 11) is 0. The fourth-order valence-corrected chi connectivity index (χ4v) is 2.98. The molecule has 0 fully saturated rings. The lowest BCUT2D eigenvalue weighted by molar-refractivity contribution is -0.328. The van der Waals surface area contributed by atoms with Crippen LogP contribution in [-0.4, -0.2) is 5.26 Å². The molecule has 0 radical (unpaired) electrons. The zero-order valence-corrected chi connectivity index (χ0v) is 11.2. The molecule has 1 aromatic rings. The van der Waals surface area contributed by atoms with Crippen molar-refractivity contribution in [3.63, 3.8) is 0 Å². The van der Waals surface area contributed by atoms with Crippen LogP contribution in [-0.2, 0) is 10.5 Å². The van der Waals surface area contributed by atoms with E-state index >= 15 is 0 Å². The second kappa shape index (κ2) is 4.43. The SMILES string of the molecule is Cc1ccc2c(c1)[C@H](C(C)C)CC[C@@]2(C)OO. The maximum absolute atomic E-state index is 9.19. The Balaban J connectivity index is 2.54. The first-order valence-electron chi connectivity index (χ1n) is 6.41. The molecule has 0 spiro atoms. The number of fused-ring (bicyclic) bond motifs is 1. The third-order valence-electron chi connectivity index (χ3n) is 4.11. The van der Waals surface area contributed by atoms with Gasteiger partial charge < -0.3 is 0 Å². The number of hydrogen-bond acceptors (Lipinski definition) is 2. The van der Waals surface area contributed by atoms with Crippen molar-refractivity contribution >= 4 is 0 Å². The maximum Gasteiger partial charge on any atom is 0.126 e. The summed E-state index contributed by atoms with van der Waals surface area (Å²) in [6.07, 6.45) is 1.95. The van der Waals surface area contributed by atoms with Gasteiger partial charge in [0.1, 0.15) is 5.60 Å². The van der Waals surface area contributed by atoms with Crippen LogP contribution < -0.4 is 0 Å². The molecule has 2 rings (SSSR count). The smallest absolute Gasteiger partial charge is 0.126 e. The van der Waals surface area contributed by atoms with Gasteiger partial charge in [-0.05, 0) is 49.7 Å². The predicted octanol–water partition coefficient (Wildman–Crippen LogP) is 4.23. The van der Waals surface area contributed by atoms with E-state index in [0.717, 1.165) is 18.4 Å². The zero-order valence-electron chi connectivity index (χ0n) is 11.2. The minimum atomic E-state index is -0.533. The minimum Gasteiger partial charge on any atom is -0.251 e. The number of hydrogen-bond donors (Lipinski definition) is 1. The highest BCUT2D eigenvalue weighted by Crippen LogP contribution is 2.46. The lowest BCUT2D eigenvalue weighted by Crippen LogP contribution is -2.32. The van der Waals surface area contributed by atoms with Crippen molar-refractivity contribution in [2.75, 3.05) is 0 Å². The van der Waals surface area contributed by atoms with Crippen LogP contribution in [0.25, 0.3) is 0 Å². The topological polar surface area (TPSA) is 29.5 Å². The van der Waals surface area contributed by atoms with E-state index in [1.165, 1.54) is 11.1 Å². The summed E-state index contributed by atoms with van der Waals surface area (Å²) >= 11 is 0. The van der Waals surface area contributed by atoms with Gasteiger partial charge in [-0.25, -0.2) is 4.89 Å². The molecule has 0 saturated carbocycles. The highest BCUT2D eigenvalue weighted by atomic mass is 17.1. The summed E-state index contributed by atoms with van der Waals surface area (Å²) in [6, 6.07) is 6.45. The van der Waals surface area contributed by atoms with Crippen molar-refractivity contribution in [3.8, 4) is 0 Å². The molecule has 0 aromatic heterocycles. The molecule has 1 N–H and O–H groups in total. The molecule has 2 atom stereocenters. The van der Waals surface area contributed by atoms with Gasteiger partial charge in [0.15, 0.2) is 0 Å². The van der Waals surface area contributed by atoms with E-state index in [4.69, 9.17) is 4.89 Å². The molecule has 0 unspecified atom stereocenters. The lowest BCUT2D eigenvalue weighted by Gasteiger charge is -2.38. The van der Waals surface area contributed by atoms with Crippen molar-refractivity contribution in [2.24, 2.45) is 5.92 Å². The zero-order chi connectivity index (χ0) is 12.6. The van der Waals surface area contributed by atoms with Crippen LogP contribution in [0.5, 0.6) is 0 Å². The van der Waals surface area contributed by atoms with Gasteiger partial charge in [0.2, 0.25) is 0 Å². The van der Waals surface area contributed by atoms with E-state index in [1.54, 1.807) is 0 Å². The van der Waals surface area contributed by atoms with E-state index < -0.39 is 5.60 Å². The standard InChI is InChI=1S/C15H22O2/c1-10(2)12-7-8-15(4,17-16)14-6-5-11(3)9-13(12)14/h5-6,9-10,12,16H,7-8H2,1-4H3/t12-,15+/m0/s1. The van der Waals surface area contributed by atoms with Crippen molar-refractivity contribution < 1.29 is 10.1 Å². The molecule has 0 heterocycles. The van der Waals surface area contributed by atoms with Crippen LogP contribution in [0.4, 0.5) is 0 Å². The lowest BCUT2D eigenvalue weighted by atomic mass is 9.70. The van der Waals surface area contributed by atoms with Crippen LogP contribution >= 0.6 is 0 Å². The Bertz CT molecular complexity index is 411. The molecule has 0 aliphatic heterocycles. The Hall–Kier alpha value is -0.860. The first kappa shape index (κ1) is 12.6. The normalized spacial score (nSPS) is 28.2. The van der Waals surface area contributed by atoms with Gasteiger partial charge in [0.25, 0.3) is 0 Å². The van der Waals surface area contributed by atoms with Gasteiger partial charge in [0.05, 0.1) is 0 Å². The predicted molar refractivity (Wildman–Crippen MR) is 69.1 cm³/mol. The van der Waals surface area contributed by atoms with Crippen molar-refractivity contribution in [1.29, 1.82) is 0 Å². The number of aryl methyl sites for hydroxylation is 1. The van der Waals surface area contributed by atoms with E-state index in [9.17, 15) is 5.26 Å². The summed E-state index contributed by atoms with van der Waals surface area (Å²) in [5.41, 5.74) is 3.24. The van der Waals surface area contributed by atoms with Crippen molar-refractivity contribution in [1.82, 2.24) is 0 Å². The largest absolute Gasteiger partial charge is 0.251 e. The van der Waals surface area contributed by atoms with Crippen LogP contribution in [0.3, 0.4) is 0 Å². The molecule has 1 aromatic carbocycles. The van der Waals surface area contributed by atoms with Crippen LogP contribution in [0.15, 0.2) is 18.2 Å². The maximum atomic E-state index is 9.19. The molecule has 1 aliphatic rings. The van der Waals surface area contributed by atoms with Gasteiger partial charge in [-0.1, -0.05) is 37.6 Å². The Morgan fingerprint density at radius 2 is 2.12 bits per heavy atom. The van der Waals surface area contributed by atoms with Gasteiger partial charge in [0, 0.05) is 0 Å². The van der Waals surface area contributed by atoms with E-state index in [0.29, 0.717) is 11.8 Å².